The lowest BCUT2D eigenvalue weighted by Crippen LogP contribution is -2.38. The largest absolute Gasteiger partial charge is 0.434 e. The molecule has 0 heterocycles. The number of ether oxygens (including phenoxy) is 1. The fraction of sp³-hybridized carbons (Fsp3) is 0.462. The van der Waals surface area contributed by atoms with Gasteiger partial charge in [-0.15, -0.1) is 12.4 Å². The predicted octanol–water partition coefficient (Wildman–Crippen LogP) is 3.09. The van der Waals surface area contributed by atoms with E-state index in [1.54, 1.807) is 0 Å². The molecule has 0 aliphatic carbocycles. The maximum atomic E-state index is 12.3. The third-order valence-electron chi connectivity index (χ3n) is 2.52. The van der Waals surface area contributed by atoms with Crippen LogP contribution in [0.2, 0.25) is 5.02 Å². The molecule has 0 aromatic heterocycles. The average molecular weight is 343 g/mol. The first-order chi connectivity index (χ1) is 9.43. The topological polar surface area (TPSA) is 50.4 Å². The van der Waals surface area contributed by atoms with E-state index in [9.17, 15) is 13.6 Å². The number of hydrogen-bond donors (Lipinski definition) is 2. The third kappa shape index (κ3) is 6.93. The van der Waals surface area contributed by atoms with E-state index in [-0.39, 0.29) is 34.8 Å². The standard InChI is InChI=1S/C13H17ClF2N2O2.ClH/c1-3-17-8(2)7-18-12(19)10-6-9(14)4-5-11(10)20-13(15)16;/h4-6,8,13,17H,3,7H2,1-2H3,(H,18,19);1H/t8-;/m1./s1. The predicted molar refractivity (Wildman–Crippen MR) is 80.8 cm³/mol. The molecule has 0 spiro atoms. The summed E-state index contributed by atoms with van der Waals surface area (Å²) >= 11 is 5.77. The summed E-state index contributed by atoms with van der Waals surface area (Å²) in [6.45, 7) is 1.99. The zero-order valence-corrected chi connectivity index (χ0v) is 13.2. The second-order valence-corrected chi connectivity index (χ2v) is 4.62. The summed E-state index contributed by atoms with van der Waals surface area (Å²) in [7, 11) is 0. The van der Waals surface area contributed by atoms with Crippen molar-refractivity contribution in [3.8, 4) is 5.75 Å². The lowest BCUT2D eigenvalue weighted by atomic mass is 10.2. The van der Waals surface area contributed by atoms with Gasteiger partial charge in [0.05, 0.1) is 5.56 Å². The summed E-state index contributed by atoms with van der Waals surface area (Å²) in [5.41, 5.74) is -0.0125. The Morgan fingerprint density at radius 3 is 2.67 bits per heavy atom. The van der Waals surface area contributed by atoms with Crippen molar-refractivity contribution in [3.05, 3.63) is 28.8 Å². The molecule has 4 nitrogen and oxygen atoms in total. The molecule has 1 atom stereocenters. The van der Waals surface area contributed by atoms with Crippen molar-refractivity contribution in [1.82, 2.24) is 10.6 Å². The van der Waals surface area contributed by atoms with Gasteiger partial charge in [-0.05, 0) is 31.7 Å². The van der Waals surface area contributed by atoms with Crippen molar-refractivity contribution in [2.45, 2.75) is 26.5 Å². The first-order valence-electron chi connectivity index (χ1n) is 6.20. The fourth-order valence-corrected chi connectivity index (χ4v) is 1.81. The Morgan fingerprint density at radius 2 is 2.10 bits per heavy atom. The number of nitrogens with one attached hydrogen (secondary N) is 2. The second-order valence-electron chi connectivity index (χ2n) is 4.19. The number of amides is 1. The highest BCUT2D eigenvalue weighted by Crippen LogP contribution is 2.24. The minimum absolute atomic E-state index is 0. The Bertz CT molecular complexity index is 462. The minimum atomic E-state index is -3.00. The summed E-state index contributed by atoms with van der Waals surface area (Å²) in [5, 5.41) is 6.03. The maximum absolute atomic E-state index is 12.3. The molecule has 1 aromatic carbocycles. The van der Waals surface area contributed by atoms with Crippen molar-refractivity contribution in [1.29, 1.82) is 0 Å². The van der Waals surface area contributed by atoms with Crippen LogP contribution in [0.4, 0.5) is 8.78 Å². The van der Waals surface area contributed by atoms with Gasteiger partial charge in [0.25, 0.3) is 5.91 Å². The molecular weight excluding hydrogens is 325 g/mol. The van der Waals surface area contributed by atoms with Gasteiger partial charge in [-0.25, -0.2) is 0 Å². The molecular formula is C13H18Cl2F2N2O2. The Morgan fingerprint density at radius 1 is 1.43 bits per heavy atom. The Labute approximate surface area is 133 Å². The maximum Gasteiger partial charge on any atom is 0.387 e. The van der Waals surface area contributed by atoms with Gasteiger partial charge in [-0.3, -0.25) is 4.79 Å². The first-order valence-corrected chi connectivity index (χ1v) is 6.57. The van der Waals surface area contributed by atoms with Crippen molar-refractivity contribution in [3.63, 3.8) is 0 Å². The van der Waals surface area contributed by atoms with E-state index in [2.05, 4.69) is 15.4 Å². The van der Waals surface area contributed by atoms with Crippen LogP contribution < -0.4 is 15.4 Å². The number of hydrogen-bond acceptors (Lipinski definition) is 3. The molecule has 0 fully saturated rings. The molecule has 0 saturated carbocycles. The van der Waals surface area contributed by atoms with E-state index in [0.717, 1.165) is 6.54 Å². The smallest absolute Gasteiger partial charge is 0.387 e. The zero-order chi connectivity index (χ0) is 15.1. The van der Waals surface area contributed by atoms with Gasteiger partial charge in [0.1, 0.15) is 5.75 Å². The number of rotatable bonds is 7. The molecule has 120 valence electrons. The van der Waals surface area contributed by atoms with Crippen LogP contribution in [-0.2, 0) is 0 Å². The molecule has 2 N–H and O–H groups in total. The molecule has 1 amide bonds. The van der Waals surface area contributed by atoms with Crippen LogP contribution in [0.3, 0.4) is 0 Å². The van der Waals surface area contributed by atoms with Gasteiger partial charge >= 0.3 is 6.61 Å². The van der Waals surface area contributed by atoms with Gasteiger partial charge < -0.3 is 15.4 Å². The minimum Gasteiger partial charge on any atom is -0.434 e. The van der Waals surface area contributed by atoms with E-state index in [4.69, 9.17) is 11.6 Å². The summed E-state index contributed by atoms with van der Waals surface area (Å²) in [5.74, 6) is -0.703. The molecule has 0 aliphatic rings. The van der Waals surface area contributed by atoms with Crippen molar-refractivity contribution in [2.24, 2.45) is 0 Å². The van der Waals surface area contributed by atoms with Crippen LogP contribution in [-0.4, -0.2) is 31.7 Å². The van der Waals surface area contributed by atoms with Crippen LogP contribution in [0.1, 0.15) is 24.2 Å². The molecule has 1 rings (SSSR count). The number of carbonyl (C=O) groups is 1. The van der Waals surface area contributed by atoms with E-state index in [0.29, 0.717) is 6.54 Å². The Kier molecular flexibility index (Phi) is 9.24. The molecule has 0 unspecified atom stereocenters. The average Bonchev–Trinajstić information content (AvgIpc) is 2.38. The number of likely N-dealkylation sites (N-methyl/N-ethyl adjacent to an activating group) is 1. The van der Waals surface area contributed by atoms with E-state index in [1.807, 2.05) is 13.8 Å². The van der Waals surface area contributed by atoms with Crippen LogP contribution >= 0.6 is 24.0 Å². The first kappa shape index (κ1) is 19.9. The van der Waals surface area contributed by atoms with Gasteiger partial charge in [0.2, 0.25) is 0 Å². The van der Waals surface area contributed by atoms with Gasteiger partial charge in [0.15, 0.2) is 0 Å². The number of benzene rings is 1. The van der Waals surface area contributed by atoms with Crippen LogP contribution in [0.25, 0.3) is 0 Å². The van der Waals surface area contributed by atoms with E-state index in [1.165, 1.54) is 18.2 Å². The van der Waals surface area contributed by atoms with Crippen molar-refractivity contribution in [2.75, 3.05) is 13.1 Å². The van der Waals surface area contributed by atoms with Crippen molar-refractivity contribution >= 4 is 29.9 Å². The number of alkyl halides is 2. The van der Waals surface area contributed by atoms with Crippen LogP contribution in [0.5, 0.6) is 5.75 Å². The molecule has 1 aromatic rings. The lowest BCUT2D eigenvalue weighted by molar-refractivity contribution is -0.0501. The quantitative estimate of drug-likeness (QED) is 0.800. The SMILES string of the molecule is CCN[C@H](C)CNC(=O)c1cc(Cl)ccc1OC(F)F.Cl. The highest BCUT2D eigenvalue weighted by molar-refractivity contribution is 6.31. The highest BCUT2D eigenvalue weighted by atomic mass is 35.5. The Balaban J connectivity index is 0.00000400. The van der Waals surface area contributed by atoms with Gasteiger partial charge in [0, 0.05) is 17.6 Å². The molecule has 0 bridgehead atoms. The normalized spacial score (nSPS) is 11.7. The lowest BCUT2D eigenvalue weighted by Gasteiger charge is -2.15. The van der Waals surface area contributed by atoms with Crippen LogP contribution in [0, 0.1) is 0 Å². The molecule has 21 heavy (non-hydrogen) atoms. The zero-order valence-electron chi connectivity index (χ0n) is 11.7. The number of halogens is 4. The summed E-state index contributed by atoms with van der Waals surface area (Å²) < 4.78 is 28.9. The van der Waals surface area contributed by atoms with Gasteiger partial charge in [-0.1, -0.05) is 18.5 Å². The summed E-state index contributed by atoms with van der Waals surface area (Å²) in [6, 6.07) is 4.00. The second kappa shape index (κ2) is 9.76. The van der Waals surface area contributed by atoms with Crippen molar-refractivity contribution < 1.29 is 18.3 Å². The third-order valence-corrected chi connectivity index (χ3v) is 2.76. The highest BCUT2D eigenvalue weighted by Gasteiger charge is 2.16. The molecule has 0 saturated heterocycles. The molecule has 0 aliphatic heterocycles. The molecule has 8 heteroatoms. The molecule has 0 radical (unpaired) electrons. The summed E-state index contributed by atoms with van der Waals surface area (Å²) in [4.78, 5) is 12.0. The Hall–Kier alpha value is -1.11. The summed E-state index contributed by atoms with van der Waals surface area (Å²) in [6.07, 6.45) is 0. The monoisotopic (exact) mass is 342 g/mol. The van der Waals surface area contributed by atoms with Crippen LogP contribution in [0.15, 0.2) is 18.2 Å². The number of carbonyl (C=O) groups excluding carboxylic acids is 1. The van der Waals surface area contributed by atoms with Gasteiger partial charge in [-0.2, -0.15) is 8.78 Å². The fourth-order valence-electron chi connectivity index (χ4n) is 1.64. The van der Waals surface area contributed by atoms with E-state index >= 15 is 0 Å². The van der Waals surface area contributed by atoms with E-state index < -0.39 is 12.5 Å².